The molecule has 2 atom stereocenters. The van der Waals surface area contributed by atoms with Gasteiger partial charge >= 0.3 is 0 Å². The molecule has 0 saturated carbocycles. The van der Waals surface area contributed by atoms with Crippen LogP contribution in [0.1, 0.15) is 69.8 Å². The van der Waals surface area contributed by atoms with Crippen LogP contribution in [0.2, 0.25) is 0 Å². The van der Waals surface area contributed by atoms with Gasteiger partial charge in [-0.05, 0) is 31.2 Å². The molecule has 0 aliphatic carbocycles. The number of rotatable bonds is 7. The Morgan fingerprint density at radius 3 is 2.55 bits per heavy atom. The molecule has 1 heterocycles. The van der Waals surface area contributed by atoms with E-state index in [-0.39, 0.29) is 6.29 Å². The largest absolute Gasteiger partial charge is 0.348 e. The van der Waals surface area contributed by atoms with Gasteiger partial charge in [0.2, 0.25) is 0 Å². The second kappa shape index (κ2) is 8.43. The van der Waals surface area contributed by atoms with Crippen LogP contribution in [0.25, 0.3) is 0 Å². The van der Waals surface area contributed by atoms with Crippen molar-refractivity contribution < 1.29 is 9.47 Å². The Kier molecular flexibility index (Phi) is 6.55. The molecule has 0 radical (unpaired) electrons. The maximum Gasteiger partial charge on any atom is 0.184 e. The van der Waals surface area contributed by atoms with Crippen LogP contribution < -0.4 is 0 Å². The van der Waals surface area contributed by atoms with Crippen molar-refractivity contribution in [3.8, 4) is 0 Å². The summed E-state index contributed by atoms with van der Waals surface area (Å²) in [6.07, 6.45) is 8.59. The highest BCUT2D eigenvalue weighted by Crippen LogP contribution is 2.28. The van der Waals surface area contributed by atoms with Gasteiger partial charge < -0.3 is 9.47 Å². The summed E-state index contributed by atoms with van der Waals surface area (Å²) in [5.41, 5.74) is 2.58. The Morgan fingerprint density at radius 2 is 1.85 bits per heavy atom. The third-order valence-corrected chi connectivity index (χ3v) is 3.96. The van der Waals surface area contributed by atoms with Crippen LogP contribution in [0.4, 0.5) is 0 Å². The fraction of sp³-hybridized carbons (Fsp3) is 0.667. The maximum atomic E-state index is 6.03. The van der Waals surface area contributed by atoms with Gasteiger partial charge in [0.05, 0.1) is 12.7 Å². The highest BCUT2D eigenvalue weighted by molar-refractivity contribution is 5.23. The van der Waals surface area contributed by atoms with Gasteiger partial charge in [0.25, 0.3) is 0 Å². The van der Waals surface area contributed by atoms with Crippen molar-refractivity contribution in [1.82, 2.24) is 0 Å². The topological polar surface area (TPSA) is 18.5 Å². The first-order valence-corrected chi connectivity index (χ1v) is 8.19. The maximum absolute atomic E-state index is 6.03. The molecular weight excluding hydrogens is 248 g/mol. The smallest absolute Gasteiger partial charge is 0.184 e. The summed E-state index contributed by atoms with van der Waals surface area (Å²) in [4.78, 5) is 0. The molecule has 1 aliphatic heterocycles. The van der Waals surface area contributed by atoms with Crippen molar-refractivity contribution in [2.75, 3.05) is 6.61 Å². The minimum Gasteiger partial charge on any atom is -0.348 e. The minimum atomic E-state index is -0.162. The first-order chi connectivity index (χ1) is 9.83. The fourth-order valence-electron chi connectivity index (χ4n) is 2.72. The zero-order chi connectivity index (χ0) is 14.2. The summed E-state index contributed by atoms with van der Waals surface area (Å²) >= 11 is 0. The predicted octanol–water partition coefficient (Wildman–Crippen LogP) is 5.02. The van der Waals surface area contributed by atoms with E-state index in [2.05, 4.69) is 38.1 Å². The lowest BCUT2D eigenvalue weighted by atomic mass is 10.0. The summed E-state index contributed by atoms with van der Waals surface area (Å²) in [7, 11) is 0. The van der Waals surface area contributed by atoms with Gasteiger partial charge in [-0.3, -0.25) is 0 Å². The Labute approximate surface area is 123 Å². The first kappa shape index (κ1) is 15.5. The number of aryl methyl sites for hydroxylation is 1. The lowest BCUT2D eigenvalue weighted by molar-refractivity contribution is -0.218. The van der Waals surface area contributed by atoms with Crippen LogP contribution >= 0.6 is 0 Å². The highest BCUT2D eigenvalue weighted by atomic mass is 16.7. The van der Waals surface area contributed by atoms with Crippen LogP contribution in [0.3, 0.4) is 0 Å². The fourth-order valence-corrected chi connectivity index (χ4v) is 2.72. The molecule has 112 valence electrons. The standard InChI is InChI=1S/C18H28O2/c1-3-5-6-8-15-9-11-16(12-10-15)18-19-14-13-17(20-18)7-4-2/h9-12,17-18H,3-8,13-14H2,1-2H3. The molecule has 1 aromatic rings. The van der Waals surface area contributed by atoms with Crippen molar-refractivity contribution in [3.05, 3.63) is 35.4 Å². The molecule has 2 unspecified atom stereocenters. The van der Waals surface area contributed by atoms with E-state index in [0.29, 0.717) is 6.10 Å². The van der Waals surface area contributed by atoms with Crippen molar-refractivity contribution >= 4 is 0 Å². The number of hydrogen-bond donors (Lipinski definition) is 0. The zero-order valence-electron chi connectivity index (χ0n) is 12.9. The van der Waals surface area contributed by atoms with Crippen LogP contribution in [-0.4, -0.2) is 12.7 Å². The van der Waals surface area contributed by atoms with E-state index in [1.165, 1.54) is 37.7 Å². The van der Waals surface area contributed by atoms with E-state index in [0.717, 1.165) is 25.0 Å². The molecular formula is C18H28O2. The number of unbranched alkanes of at least 4 members (excludes halogenated alkanes) is 2. The molecule has 0 N–H and O–H groups in total. The van der Waals surface area contributed by atoms with Gasteiger partial charge in [-0.15, -0.1) is 0 Å². The molecule has 0 spiro atoms. The Morgan fingerprint density at radius 1 is 1.05 bits per heavy atom. The summed E-state index contributed by atoms with van der Waals surface area (Å²) in [6, 6.07) is 8.78. The highest BCUT2D eigenvalue weighted by Gasteiger charge is 2.23. The Hall–Kier alpha value is -0.860. The lowest BCUT2D eigenvalue weighted by Gasteiger charge is -2.30. The van der Waals surface area contributed by atoms with Gasteiger partial charge in [-0.25, -0.2) is 0 Å². The minimum absolute atomic E-state index is 0.162. The predicted molar refractivity (Wildman–Crippen MR) is 82.8 cm³/mol. The van der Waals surface area contributed by atoms with Gasteiger partial charge in [-0.2, -0.15) is 0 Å². The van der Waals surface area contributed by atoms with E-state index in [4.69, 9.17) is 9.47 Å². The van der Waals surface area contributed by atoms with Gasteiger partial charge in [-0.1, -0.05) is 57.4 Å². The van der Waals surface area contributed by atoms with Crippen LogP contribution in [0.5, 0.6) is 0 Å². The molecule has 0 aromatic heterocycles. The Bertz CT molecular complexity index is 370. The van der Waals surface area contributed by atoms with Gasteiger partial charge in [0.15, 0.2) is 6.29 Å². The molecule has 2 nitrogen and oxygen atoms in total. The van der Waals surface area contributed by atoms with E-state index in [1.54, 1.807) is 0 Å². The summed E-state index contributed by atoms with van der Waals surface area (Å²) in [5, 5.41) is 0. The van der Waals surface area contributed by atoms with Crippen molar-refractivity contribution in [1.29, 1.82) is 0 Å². The average Bonchev–Trinajstić information content (AvgIpc) is 2.49. The van der Waals surface area contributed by atoms with Gasteiger partial charge in [0.1, 0.15) is 0 Å². The van der Waals surface area contributed by atoms with E-state index in [1.807, 2.05) is 0 Å². The lowest BCUT2D eigenvalue weighted by Crippen LogP contribution is -2.26. The second-order valence-corrected chi connectivity index (χ2v) is 5.74. The van der Waals surface area contributed by atoms with E-state index < -0.39 is 0 Å². The van der Waals surface area contributed by atoms with Crippen molar-refractivity contribution in [2.45, 2.75) is 71.2 Å². The third-order valence-electron chi connectivity index (χ3n) is 3.96. The molecule has 2 rings (SSSR count). The third kappa shape index (κ3) is 4.60. The number of ether oxygens (including phenoxy) is 2. The molecule has 20 heavy (non-hydrogen) atoms. The van der Waals surface area contributed by atoms with Gasteiger partial charge in [0, 0.05) is 5.56 Å². The monoisotopic (exact) mass is 276 g/mol. The van der Waals surface area contributed by atoms with Crippen LogP contribution in [0, 0.1) is 0 Å². The number of benzene rings is 1. The normalized spacial score (nSPS) is 22.9. The van der Waals surface area contributed by atoms with E-state index in [9.17, 15) is 0 Å². The summed E-state index contributed by atoms with van der Waals surface area (Å²) in [6.45, 7) is 5.26. The quantitative estimate of drug-likeness (QED) is 0.651. The molecule has 1 fully saturated rings. The average molecular weight is 276 g/mol. The number of hydrogen-bond acceptors (Lipinski definition) is 2. The molecule has 1 aromatic carbocycles. The SMILES string of the molecule is CCCCCc1ccc(C2OCCC(CCC)O2)cc1. The summed E-state index contributed by atoms with van der Waals surface area (Å²) in [5.74, 6) is 0. The van der Waals surface area contributed by atoms with Crippen LogP contribution in [-0.2, 0) is 15.9 Å². The first-order valence-electron chi connectivity index (χ1n) is 8.19. The van der Waals surface area contributed by atoms with Crippen LogP contribution in [0.15, 0.2) is 24.3 Å². The summed E-state index contributed by atoms with van der Waals surface area (Å²) < 4.78 is 11.8. The molecule has 2 heteroatoms. The molecule has 0 amide bonds. The zero-order valence-corrected chi connectivity index (χ0v) is 12.9. The van der Waals surface area contributed by atoms with Crippen molar-refractivity contribution in [2.24, 2.45) is 0 Å². The Balaban J connectivity index is 1.88. The molecule has 0 bridgehead atoms. The molecule has 1 aliphatic rings. The van der Waals surface area contributed by atoms with E-state index >= 15 is 0 Å². The molecule has 1 saturated heterocycles. The van der Waals surface area contributed by atoms with Crippen molar-refractivity contribution in [3.63, 3.8) is 0 Å². The second-order valence-electron chi connectivity index (χ2n) is 5.74.